The Morgan fingerprint density at radius 3 is 2.32 bits per heavy atom. The van der Waals surface area contributed by atoms with Gasteiger partial charge in [-0.1, -0.05) is 30.3 Å². The maximum absolute atomic E-state index is 13.3. The molecule has 6 heteroatoms. The Bertz CT molecular complexity index is 1010. The number of carbonyl (C=O) groups is 1. The van der Waals surface area contributed by atoms with E-state index in [0.717, 1.165) is 43.2 Å². The molecule has 3 aromatic rings. The number of carbonyl (C=O) groups excluding carboxylic acids is 1. The van der Waals surface area contributed by atoms with Crippen molar-refractivity contribution in [2.45, 2.75) is 26.4 Å². The minimum absolute atomic E-state index is 0.0566. The summed E-state index contributed by atoms with van der Waals surface area (Å²) in [6.07, 6.45) is 0. The second-order valence-electron chi connectivity index (χ2n) is 7.87. The molecule has 1 aliphatic rings. The van der Waals surface area contributed by atoms with Crippen molar-refractivity contribution in [1.29, 1.82) is 0 Å². The highest BCUT2D eigenvalue weighted by atomic mass is 16.5. The Hall–Kier alpha value is -3.12. The number of aromatic nitrogens is 2. The molecular weight excluding hydrogens is 388 g/mol. The predicted molar refractivity (Wildman–Crippen MR) is 122 cm³/mol. The molecule has 1 aromatic heterocycles. The molecule has 1 amide bonds. The van der Waals surface area contributed by atoms with E-state index in [1.54, 1.807) is 11.8 Å². The molecule has 1 unspecified atom stereocenters. The molecule has 1 atom stereocenters. The van der Waals surface area contributed by atoms with E-state index < -0.39 is 0 Å². The Balaban J connectivity index is 1.45. The highest BCUT2D eigenvalue weighted by molar-refractivity contribution is 5.93. The SMILES string of the molecule is CCn1nc(-c2ccc(OC)cc2)cc1C(=O)N1CCN(C(C)c2ccccc2)CC1. The largest absolute Gasteiger partial charge is 0.497 e. The standard InChI is InChI=1S/C25H30N4O2/c1-4-29-24(18-23(26-29)21-10-12-22(31-3)13-11-21)25(30)28-16-14-27(15-17-28)19(2)20-8-6-5-7-9-20/h5-13,18-19H,4,14-17H2,1-3H3. The van der Waals surface area contributed by atoms with E-state index in [1.807, 2.05) is 48.2 Å². The average molecular weight is 419 g/mol. The van der Waals surface area contributed by atoms with Crippen LogP contribution in [0.4, 0.5) is 0 Å². The molecular formula is C25H30N4O2. The summed E-state index contributed by atoms with van der Waals surface area (Å²) in [6.45, 7) is 8.09. The maximum Gasteiger partial charge on any atom is 0.272 e. The number of ether oxygens (including phenoxy) is 1. The molecule has 31 heavy (non-hydrogen) atoms. The van der Waals surface area contributed by atoms with E-state index in [-0.39, 0.29) is 5.91 Å². The van der Waals surface area contributed by atoms with Crippen LogP contribution in [0.15, 0.2) is 60.7 Å². The molecule has 162 valence electrons. The van der Waals surface area contributed by atoms with Gasteiger partial charge in [0.05, 0.1) is 12.8 Å². The molecule has 6 nitrogen and oxygen atoms in total. The number of rotatable bonds is 6. The lowest BCUT2D eigenvalue weighted by molar-refractivity contribution is 0.0570. The number of aryl methyl sites for hydroxylation is 1. The van der Waals surface area contributed by atoms with Gasteiger partial charge >= 0.3 is 0 Å². The van der Waals surface area contributed by atoms with Gasteiger partial charge in [-0.3, -0.25) is 14.4 Å². The van der Waals surface area contributed by atoms with Crippen LogP contribution in [-0.4, -0.2) is 58.8 Å². The first-order valence-electron chi connectivity index (χ1n) is 10.9. The summed E-state index contributed by atoms with van der Waals surface area (Å²) < 4.78 is 7.04. The predicted octanol–water partition coefficient (Wildman–Crippen LogP) is 4.10. The molecule has 1 fully saturated rings. The summed E-state index contributed by atoms with van der Waals surface area (Å²) in [5, 5.41) is 4.67. The van der Waals surface area contributed by atoms with Crippen LogP contribution >= 0.6 is 0 Å². The lowest BCUT2D eigenvalue weighted by atomic mass is 10.1. The molecule has 0 radical (unpaired) electrons. The van der Waals surface area contributed by atoms with Crippen molar-refractivity contribution >= 4 is 5.91 Å². The quantitative estimate of drug-likeness (QED) is 0.605. The second-order valence-corrected chi connectivity index (χ2v) is 7.87. The molecule has 0 bridgehead atoms. The first-order chi connectivity index (χ1) is 15.1. The average Bonchev–Trinajstić information content (AvgIpc) is 3.28. The van der Waals surface area contributed by atoms with Gasteiger partial charge in [0, 0.05) is 44.3 Å². The van der Waals surface area contributed by atoms with Crippen LogP contribution in [0.2, 0.25) is 0 Å². The number of nitrogens with zero attached hydrogens (tertiary/aromatic N) is 4. The summed E-state index contributed by atoms with van der Waals surface area (Å²) in [7, 11) is 1.65. The first kappa shape index (κ1) is 21.1. The van der Waals surface area contributed by atoms with Gasteiger partial charge in [-0.25, -0.2) is 0 Å². The highest BCUT2D eigenvalue weighted by Gasteiger charge is 2.27. The molecule has 1 saturated heterocycles. The Kier molecular flexibility index (Phi) is 6.37. The zero-order chi connectivity index (χ0) is 21.8. The van der Waals surface area contributed by atoms with E-state index in [0.29, 0.717) is 18.3 Å². The molecule has 0 spiro atoms. The number of piperazine rings is 1. The molecule has 0 aliphatic carbocycles. The molecule has 1 aliphatic heterocycles. The van der Waals surface area contributed by atoms with E-state index in [9.17, 15) is 4.79 Å². The number of benzene rings is 2. The van der Waals surface area contributed by atoms with Gasteiger partial charge in [0.25, 0.3) is 5.91 Å². The van der Waals surface area contributed by atoms with Crippen molar-refractivity contribution in [3.05, 3.63) is 71.9 Å². The molecule has 0 saturated carbocycles. The lowest BCUT2D eigenvalue weighted by Gasteiger charge is -2.38. The van der Waals surface area contributed by atoms with Gasteiger partial charge in [0.1, 0.15) is 11.4 Å². The van der Waals surface area contributed by atoms with Gasteiger partial charge in [0.15, 0.2) is 0 Å². The zero-order valence-electron chi connectivity index (χ0n) is 18.5. The fraction of sp³-hybridized carbons (Fsp3) is 0.360. The van der Waals surface area contributed by atoms with Crippen LogP contribution in [0, 0.1) is 0 Å². The van der Waals surface area contributed by atoms with Crippen molar-refractivity contribution < 1.29 is 9.53 Å². The van der Waals surface area contributed by atoms with Crippen LogP contribution in [0.5, 0.6) is 5.75 Å². The normalized spacial score (nSPS) is 15.6. The van der Waals surface area contributed by atoms with Gasteiger partial charge < -0.3 is 9.64 Å². The van der Waals surface area contributed by atoms with Crippen LogP contribution < -0.4 is 4.74 Å². The maximum atomic E-state index is 13.3. The minimum atomic E-state index is 0.0566. The third-order valence-electron chi connectivity index (χ3n) is 6.12. The van der Waals surface area contributed by atoms with Crippen molar-refractivity contribution in [1.82, 2.24) is 19.6 Å². The minimum Gasteiger partial charge on any atom is -0.497 e. The van der Waals surface area contributed by atoms with Crippen LogP contribution in [0.3, 0.4) is 0 Å². The third-order valence-corrected chi connectivity index (χ3v) is 6.12. The Morgan fingerprint density at radius 1 is 1.03 bits per heavy atom. The topological polar surface area (TPSA) is 50.6 Å². The summed E-state index contributed by atoms with van der Waals surface area (Å²) in [6, 6.07) is 20.6. The van der Waals surface area contributed by atoms with Crippen molar-refractivity contribution in [3.63, 3.8) is 0 Å². The van der Waals surface area contributed by atoms with Crippen molar-refractivity contribution in [3.8, 4) is 17.0 Å². The molecule has 4 rings (SSSR count). The van der Waals surface area contributed by atoms with Crippen LogP contribution in [-0.2, 0) is 6.54 Å². The Labute approximate surface area is 184 Å². The van der Waals surface area contributed by atoms with Crippen molar-refractivity contribution in [2.24, 2.45) is 0 Å². The van der Waals surface area contributed by atoms with Crippen LogP contribution in [0.25, 0.3) is 11.3 Å². The summed E-state index contributed by atoms with van der Waals surface area (Å²) in [5.74, 6) is 0.860. The van der Waals surface area contributed by atoms with Gasteiger partial charge in [0.2, 0.25) is 0 Å². The summed E-state index contributed by atoms with van der Waals surface area (Å²) >= 11 is 0. The lowest BCUT2D eigenvalue weighted by Crippen LogP contribution is -2.49. The van der Waals surface area contributed by atoms with Gasteiger partial charge in [-0.15, -0.1) is 0 Å². The van der Waals surface area contributed by atoms with E-state index in [4.69, 9.17) is 4.74 Å². The fourth-order valence-electron chi connectivity index (χ4n) is 4.15. The molecule has 2 heterocycles. The third kappa shape index (κ3) is 4.49. The fourth-order valence-corrected chi connectivity index (χ4v) is 4.15. The Morgan fingerprint density at radius 2 is 1.71 bits per heavy atom. The number of amides is 1. The second kappa shape index (κ2) is 9.35. The number of hydrogen-bond acceptors (Lipinski definition) is 4. The van der Waals surface area contributed by atoms with E-state index in [1.165, 1.54) is 5.56 Å². The van der Waals surface area contributed by atoms with Gasteiger partial charge in [-0.2, -0.15) is 5.10 Å². The van der Waals surface area contributed by atoms with Gasteiger partial charge in [-0.05, 0) is 49.7 Å². The first-order valence-corrected chi connectivity index (χ1v) is 10.9. The summed E-state index contributed by atoms with van der Waals surface area (Å²) in [4.78, 5) is 17.7. The zero-order valence-corrected chi connectivity index (χ0v) is 18.5. The number of methoxy groups -OCH3 is 1. The molecule has 2 aromatic carbocycles. The summed E-state index contributed by atoms with van der Waals surface area (Å²) in [5.41, 5.74) is 3.75. The van der Waals surface area contributed by atoms with Crippen molar-refractivity contribution in [2.75, 3.05) is 33.3 Å². The van der Waals surface area contributed by atoms with Crippen LogP contribution in [0.1, 0.15) is 35.9 Å². The highest BCUT2D eigenvalue weighted by Crippen LogP contribution is 2.25. The smallest absolute Gasteiger partial charge is 0.272 e. The molecule has 0 N–H and O–H groups in total. The van der Waals surface area contributed by atoms with E-state index >= 15 is 0 Å². The number of hydrogen-bond donors (Lipinski definition) is 0. The monoisotopic (exact) mass is 418 g/mol. The van der Waals surface area contributed by atoms with E-state index in [2.05, 4.69) is 41.2 Å².